The fourth-order valence-electron chi connectivity index (χ4n) is 2.31. The third-order valence-corrected chi connectivity index (χ3v) is 3.09. The summed E-state index contributed by atoms with van der Waals surface area (Å²) in [6, 6.07) is 0. The van der Waals surface area contributed by atoms with Crippen molar-refractivity contribution in [1.29, 1.82) is 0 Å². The number of carbonyl (C=O) groups is 3. The summed E-state index contributed by atoms with van der Waals surface area (Å²) < 4.78 is 5.09. The molecule has 0 aromatic carbocycles. The Kier molecular flexibility index (Phi) is 2.57. The highest BCUT2D eigenvalue weighted by molar-refractivity contribution is 6.04. The number of carbonyl (C=O) groups excluding carboxylic acids is 2. The van der Waals surface area contributed by atoms with Gasteiger partial charge in [-0.15, -0.1) is 0 Å². The van der Waals surface area contributed by atoms with Gasteiger partial charge in [-0.05, 0) is 25.7 Å². The van der Waals surface area contributed by atoms with Crippen molar-refractivity contribution < 1.29 is 24.2 Å². The Morgan fingerprint density at radius 2 is 1.94 bits per heavy atom. The SMILES string of the molecule is O=C(O)CN1C(=O)OC2(CCCCC2)C1=O. The molecule has 1 N–H and O–H groups in total. The summed E-state index contributed by atoms with van der Waals surface area (Å²) in [5, 5.41) is 8.59. The second kappa shape index (κ2) is 3.77. The van der Waals surface area contributed by atoms with Gasteiger partial charge in [0.15, 0.2) is 5.60 Å². The van der Waals surface area contributed by atoms with Crippen molar-refractivity contribution in [3.05, 3.63) is 0 Å². The lowest BCUT2D eigenvalue weighted by Crippen LogP contribution is -2.43. The van der Waals surface area contributed by atoms with Gasteiger partial charge in [0.1, 0.15) is 6.54 Å². The fourth-order valence-corrected chi connectivity index (χ4v) is 2.31. The van der Waals surface area contributed by atoms with Gasteiger partial charge in [0.25, 0.3) is 5.91 Å². The zero-order valence-electron chi connectivity index (χ0n) is 8.77. The quantitative estimate of drug-likeness (QED) is 0.752. The van der Waals surface area contributed by atoms with E-state index in [0.29, 0.717) is 17.7 Å². The van der Waals surface area contributed by atoms with Crippen molar-refractivity contribution in [3.63, 3.8) is 0 Å². The third-order valence-electron chi connectivity index (χ3n) is 3.09. The van der Waals surface area contributed by atoms with Gasteiger partial charge in [-0.1, -0.05) is 6.42 Å². The van der Waals surface area contributed by atoms with Crippen LogP contribution in [-0.2, 0) is 14.3 Å². The van der Waals surface area contributed by atoms with E-state index >= 15 is 0 Å². The highest BCUT2D eigenvalue weighted by atomic mass is 16.6. The van der Waals surface area contributed by atoms with Crippen LogP contribution in [-0.4, -0.2) is 40.1 Å². The molecule has 0 unspecified atom stereocenters. The Labute approximate surface area is 92.2 Å². The first-order valence-electron chi connectivity index (χ1n) is 5.32. The van der Waals surface area contributed by atoms with Gasteiger partial charge in [0.05, 0.1) is 0 Å². The maximum Gasteiger partial charge on any atom is 0.418 e. The van der Waals surface area contributed by atoms with Crippen molar-refractivity contribution in [2.24, 2.45) is 0 Å². The number of carboxylic acid groups (broad SMARTS) is 1. The Morgan fingerprint density at radius 3 is 2.50 bits per heavy atom. The number of carboxylic acids is 1. The first kappa shape index (κ1) is 10.9. The maximum absolute atomic E-state index is 11.9. The molecule has 6 nitrogen and oxygen atoms in total. The van der Waals surface area contributed by atoms with Crippen LogP contribution in [0.3, 0.4) is 0 Å². The maximum atomic E-state index is 11.9. The first-order chi connectivity index (χ1) is 7.55. The van der Waals surface area contributed by atoms with Crippen LogP contribution in [0.4, 0.5) is 4.79 Å². The van der Waals surface area contributed by atoms with Crippen molar-refractivity contribution in [3.8, 4) is 0 Å². The van der Waals surface area contributed by atoms with Crippen LogP contribution in [0.1, 0.15) is 32.1 Å². The van der Waals surface area contributed by atoms with Gasteiger partial charge in [-0.25, -0.2) is 9.69 Å². The number of rotatable bonds is 2. The van der Waals surface area contributed by atoms with Crippen LogP contribution in [0.5, 0.6) is 0 Å². The number of hydrogen-bond donors (Lipinski definition) is 1. The largest absolute Gasteiger partial charge is 0.480 e. The summed E-state index contributed by atoms with van der Waals surface area (Å²) in [6.45, 7) is -0.612. The molecule has 0 radical (unpaired) electrons. The van der Waals surface area contributed by atoms with Crippen LogP contribution in [0, 0.1) is 0 Å². The Morgan fingerprint density at radius 1 is 1.31 bits per heavy atom. The minimum atomic E-state index is -1.21. The summed E-state index contributed by atoms with van der Waals surface area (Å²) in [5.74, 6) is -1.70. The van der Waals surface area contributed by atoms with Crippen LogP contribution in [0.15, 0.2) is 0 Å². The average molecular weight is 227 g/mol. The number of ether oxygens (including phenoxy) is 1. The molecule has 0 aromatic rings. The van der Waals surface area contributed by atoms with Crippen molar-refractivity contribution in [2.75, 3.05) is 6.54 Å². The Balaban J connectivity index is 2.17. The molecule has 88 valence electrons. The van der Waals surface area contributed by atoms with Gasteiger partial charge < -0.3 is 9.84 Å². The number of aliphatic carboxylic acids is 1. The number of imide groups is 1. The molecule has 1 saturated heterocycles. The van der Waals surface area contributed by atoms with Crippen LogP contribution < -0.4 is 0 Å². The monoisotopic (exact) mass is 227 g/mol. The molecule has 1 aliphatic carbocycles. The normalized spacial score (nSPS) is 23.6. The van der Waals surface area contributed by atoms with Gasteiger partial charge in [-0.2, -0.15) is 0 Å². The molecule has 0 atom stereocenters. The second-order valence-electron chi connectivity index (χ2n) is 4.21. The van der Waals surface area contributed by atoms with Gasteiger partial charge in [0.2, 0.25) is 0 Å². The van der Waals surface area contributed by atoms with E-state index in [2.05, 4.69) is 0 Å². The zero-order chi connectivity index (χ0) is 11.8. The molecule has 0 bridgehead atoms. The second-order valence-corrected chi connectivity index (χ2v) is 4.21. The molecule has 1 aliphatic heterocycles. The van der Waals surface area contributed by atoms with Crippen molar-refractivity contribution in [2.45, 2.75) is 37.7 Å². The molecule has 16 heavy (non-hydrogen) atoms. The molecular formula is C10H13NO5. The lowest BCUT2D eigenvalue weighted by Gasteiger charge is -2.28. The minimum absolute atomic E-state index is 0.486. The Bertz CT molecular complexity index is 345. The van der Waals surface area contributed by atoms with E-state index in [1.165, 1.54) is 0 Å². The van der Waals surface area contributed by atoms with E-state index in [1.54, 1.807) is 0 Å². The smallest absolute Gasteiger partial charge is 0.418 e. The molecule has 1 spiro atoms. The highest BCUT2D eigenvalue weighted by Gasteiger charge is 2.54. The van der Waals surface area contributed by atoms with Crippen molar-refractivity contribution in [1.82, 2.24) is 4.90 Å². The molecule has 1 saturated carbocycles. The van der Waals surface area contributed by atoms with E-state index in [-0.39, 0.29) is 0 Å². The van der Waals surface area contributed by atoms with E-state index in [9.17, 15) is 14.4 Å². The molecule has 2 rings (SSSR count). The lowest BCUT2D eigenvalue weighted by atomic mass is 9.84. The van der Waals surface area contributed by atoms with E-state index < -0.39 is 30.1 Å². The van der Waals surface area contributed by atoms with E-state index in [0.717, 1.165) is 19.3 Å². The average Bonchev–Trinajstić information content (AvgIpc) is 2.44. The summed E-state index contributed by atoms with van der Waals surface area (Å²) in [4.78, 5) is 34.6. The van der Waals surface area contributed by atoms with Gasteiger partial charge in [0, 0.05) is 0 Å². The van der Waals surface area contributed by atoms with Gasteiger partial charge in [-0.3, -0.25) is 9.59 Å². The lowest BCUT2D eigenvalue weighted by molar-refractivity contribution is -0.145. The standard InChI is InChI=1S/C10H13NO5/c12-7(13)6-11-8(14)10(16-9(11)15)4-2-1-3-5-10/h1-6H2,(H,12,13). The highest BCUT2D eigenvalue weighted by Crippen LogP contribution is 2.37. The molecule has 0 aromatic heterocycles. The molecule has 6 heteroatoms. The summed E-state index contributed by atoms with van der Waals surface area (Å²) in [7, 11) is 0. The van der Waals surface area contributed by atoms with Crippen molar-refractivity contribution >= 4 is 18.0 Å². The van der Waals surface area contributed by atoms with Crippen LogP contribution in [0.25, 0.3) is 0 Å². The number of amides is 2. The molecule has 1 heterocycles. The number of nitrogens with zero attached hydrogens (tertiary/aromatic N) is 1. The third kappa shape index (κ3) is 1.64. The van der Waals surface area contributed by atoms with Crippen LogP contribution in [0.2, 0.25) is 0 Å². The topological polar surface area (TPSA) is 83.9 Å². The van der Waals surface area contributed by atoms with Crippen LogP contribution >= 0.6 is 0 Å². The van der Waals surface area contributed by atoms with E-state index in [1.807, 2.05) is 0 Å². The van der Waals surface area contributed by atoms with E-state index in [4.69, 9.17) is 9.84 Å². The summed E-state index contributed by atoms with van der Waals surface area (Å²) >= 11 is 0. The predicted molar refractivity (Wildman–Crippen MR) is 51.6 cm³/mol. The summed E-state index contributed by atoms with van der Waals surface area (Å²) in [5.41, 5.74) is -1.06. The summed E-state index contributed by atoms with van der Waals surface area (Å²) in [6.07, 6.45) is 2.88. The minimum Gasteiger partial charge on any atom is -0.480 e. The first-order valence-corrected chi connectivity index (χ1v) is 5.32. The zero-order valence-corrected chi connectivity index (χ0v) is 8.77. The number of hydrogen-bond acceptors (Lipinski definition) is 4. The van der Waals surface area contributed by atoms with Gasteiger partial charge >= 0.3 is 12.1 Å². The fraction of sp³-hybridized carbons (Fsp3) is 0.700. The molecular weight excluding hydrogens is 214 g/mol. The predicted octanol–water partition coefficient (Wildman–Crippen LogP) is 0.753. The molecule has 2 fully saturated rings. The molecule has 2 aliphatic rings. The Hall–Kier alpha value is -1.59. The molecule has 2 amide bonds.